The summed E-state index contributed by atoms with van der Waals surface area (Å²) in [5.74, 6) is -1.13. The maximum absolute atomic E-state index is 12.2. The molecule has 2 aromatic carbocycles. The maximum Gasteiger partial charge on any atom is 0.340 e. The molecular weight excluding hydrogens is 394 g/mol. The molecule has 0 fully saturated rings. The lowest BCUT2D eigenvalue weighted by atomic mass is 10.2. The lowest BCUT2D eigenvalue weighted by molar-refractivity contribution is -0.123. The van der Waals surface area contributed by atoms with E-state index in [0.717, 1.165) is 4.47 Å². The summed E-state index contributed by atoms with van der Waals surface area (Å²) in [4.78, 5) is 24.8. The summed E-state index contributed by atoms with van der Waals surface area (Å²) in [7, 11) is -1.33. The number of ether oxygens (including phenoxy) is 1. The minimum absolute atomic E-state index is 0.195. The fraction of sp³-hybridized carbons (Fsp3) is 0.176. The Morgan fingerprint density at radius 1 is 1.17 bits per heavy atom. The summed E-state index contributed by atoms with van der Waals surface area (Å²) in [6.07, 6.45) is 0.491. The van der Waals surface area contributed by atoms with Gasteiger partial charge in [0.1, 0.15) is 0 Å². The molecule has 24 heavy (non-hydrogen) atoms. The van der Waals surface area contributed by atoms with Crippen LogP contribution in [0.15, 0.2) is 57.9 Å². The number of benzene rings is 2. The van der Waals surface area contributed by atoms with E-state index < -0.39 is 28.8 Å². The number of rotatable bonds is 5. The summed E-state index contributed by atoms with van der Waals surface area (Å²) in [6, 6.07) is 13.5. The van der Waals surface area contributed by atoms with Gasteiger partial charge in [0.05, 0.1) is 21.3 Å². The molecule has 0 unspecified atom stereocenters. The van der Waals surface area contributed by atoms with E-state index in [1.165, 1.54) is 19.2 Å². The SMILES string of the molecule is C[C@H](OC(=O)c1ccccc1[S@@](C)=O)C(=O)Nc1cccc(Br)c1. The van der Waals surface area contributed by atoms with Crippen molar-refractivity contribution >= 4 is 44.3 Å². The van der Waals surface area contributed by atoms with Crippen LogP contribution in [0.25, 0.3) is 0 Å². The Hall–Kier alpha value is -1.99. The average Bonchev–Trinajstić information content (AvgIpc) is 2.54. The molecule has 2 rings (SSSR count). The van der Waals surface area contributed by atoms with Gasteiger partial charge < -0.3 is 10.1 Å². The number of anilines is 1. The van der Waals surface area contributed by atoms with E-state index in [4.69, 9.17) is 4.74 Å². The van der Waals surface area contributed by atoms with E-state index in [9.17, 15) is 13.8 Å². The standard InChI is InChI=1S/C17H16BrNO4S/c1-11(16(20)19-13-7-5-6-12(18)10-13)23-17(21)14-8-3-4-9-15(14)24(2)22/h3-11H,1-2H3,(H,19,20)/t11-,24+/m0/s1. The monoisotopic (exact) mass is 409 g/mol. The molecule has 0 radical (unpaired) electrons. The number of amides is 1. The molecule has 2 atom stereocenters. The molecule has 0 aliphatic heterocycles. The van der Waals surface area contributed by atoms with Crippen molar-refractivity contribution in [3.63, 3.8) is 0 Å². The van der Waals surface area contributed by atoms with Gasteiger partial charge in [0.25, 0.3) is 5.91 Å². The smallest absolute Gasteiger partial charge is 0.340 e. The highest BCUT2D eigenvalue weighted by Gasteiger charge is 2.21. The normalized spacial score (nSPS) is 13.0. The number of hydrogen-bond acceptors (Lipinski definition) is 4. The van der Waals surface area contributed by atoms with Crippen molar-refractivity contribution in [3.05, 3.63) is 58.6 Å². The molecule has 0 saturated carbocycles. The van der Waals surface area contributed by atoms with Crippen LogP contribution in [-0.4, -0.2) is 28.4 Å². The fourth-order valence-corrected chi connectivity index (χ4v) is 3.10. The lowest BCUT2D eigenvalue weighted by Crippen LogP contribution is -2.30. The van der Waals surface area contributed by atoms with E-state index in [2.05, 4.69) is 21.2 Å². The van der Waals surface area contributed by atoms with Crippen molar-refractivity contribution in [1.29, 1.82) is 0 Å². The Morgan fingerprint density at radius 2 is 1.88 bits per heavy atom. The average molecular weight is 410 g/mol. The van der Waals surface area contributed by atoms with E-state index >= 15 is 0 Å². The summed E-state index contributed by atoms with van der Waals surface area (Å²) in [5, 5.41) is 2.67. The number of nitrogens with one attached hydrogen (secondary N) is 1. The largest absolute Gasteiger partial charge is 0.449 e. The molecule has 126 valence electrons. The van der Waals surface area contributed by atoms with Crippen molar-refractivity contribution in [2.75, 3.05) is 11.6 Å². The minimum Gasteiger partial charge on any atom is -0.449 e. The van der Waals surface area contributed by atoms with Crippen molar-refractivity contribution in [1.82, 2.24) is 0 Å². The third-order valence-electron chi connectivity index (χ3n) is 3.16. The minimum atomic E-state index is -1.33. The van der Waals surface area contributed by atoms with Gasteiger partial charge in [0.2, 0.25) is 0 Å². The maximum atomic E-state index is 12.2. The lowest BCUT2D eigenvalue weighted by Gasteiger charge is -2.14. The van der Waals surface area contributed by atoms with Gasteiger partial charge in [-0.05, 0) is 37.3 Å². The van der Waals surface area contributed by atoms with Crippen LogP contribution in [0.2, 0.25) is 0 Å². The number of esters is 1. The number of hydrogen-bond donors (Lipinski definition) is 1. The van der Waals surface area contributed by atoms with Crippen LogP contribution in [0.5, 0.6) is 0 Å². The Balaban J connectivity index is 2.06. The molecule has 0 aliphatic rings. The van der Waals surface area contributed by atoms with Crippen LogP contribution in [-0.2, 0) is 20.3 Å². The summed E-state index contributed by atoms with van der Waals surface area (Å²) < 4.78 is 17.7. The first-order chi connectivity index (χ1) is 11.4. The second kappa shape index (κ2) is 8.21. The Kier molecular flexibility index (Phi) is 6.28. The van der Waals surface area contributed by atoms with Crippen LogP contribution in [0.3, 0.4) is 0 Å². The van der Waals surface area contributed by atoms with Crippen LogP contribution in [0.1, 0.15) is 17.3 Å². The van der Waals surface area contributed by atoms with Gasteiger partial charge in [0.15, 0.2) is 6.10 Å². The van der Waals surface area contributed by atoms with E-state index in [-0.39, 0.29) is 5.56 Å². The molecule has 0 spiro atoms. The molecule has 2 aromatic rings. The third-order valence-corrected chi connectivity index (χ3v) is 4.63. The van der Waals surface area contributed by atoms with Gasteiger partial charge in [-0.2, -0.15) is 0 Å². The molecule has 0 aliphatic carbocycles. The van der Waals surface area contributed by atoms with Crippen LogP contribution in [0, 0.1) is 0 Å². The van der Waals surface area contributed by atoms with Crippen LogP contribution in [0.4, 0.5) is 5.69 Å². The van der Waals surface area contributed by atoms with Crippen LogP contribution >= 0.6 is 15.9 Å². The second-order valence-electron chi connectivity index (χ2n) is 5.00. The van der Waals surface area contributed by atoms with E-state index in [0.29, 0.717) is 10.6 Å². The first-order valence-electron chi connectivity index (χ1n) is 7.08. The Bertz CT molecular complexity index is 794. The van der Waals surface area contributed by atoms with Gasteiger partial charge in [-0.1, -0.05) is 34.1 Å². The molecular formula is C17H16BrNO4S. The fourth-order valence-electron chi connectivity index (χ4n) is 1.97. The van der Waals surface area contributed by atoms with E-state index in [1.54, 1.807) is 36.4 Å². The summed E-state index contributed by atoms with van der Waals surface area (Å²) >= 11 is 3.32. The summed E-state index contributed by atoms with van der Waals surface area (Å²) in [6.45, 7) is 1.48. The van der Waals surface area contributed by atoms with Crippen molar-refractivity contribution in [2.45, 2.75) is 17.9 Å². The van der Waals surface area contributed by atoms with Gasteiger partial charge >= 0.3 is 5.97 Å². The summed E-state index contributed by atoms with van der Waals surface area (Å²) in [5.41, 5.74) is 0.785. The number of halogens is 1. The van der Waals surface area contributed by atoms with Crippen LogP contribution < -0.4 is 5.32 Å². The molecule has 0 aromatic heterocycles. The molecule has 1 N–H and O–H groups in total. The quantitative estimate of drug-likeness (QED) is 0.768. The Morgan fingerprint density at radius 3 is 2.54 bits per heavy atom. The first kappa shape index (κ1) is 18.4. The molecule has 0 heterocycles. The zero-order valence-electron chi connectivity index (χ0n) is 13.1. The molecule has 5 nitrogen and oxygen atoms in total. The number of carbonyl (C=O) groups is 2. The first-order valence-corrected chi connectivity index (χ1v) is 9.43. The third kappa shape index (κ3) is 4.75. The van der Waals surface area contributed by atoms with Gasteiger partial charge in [-0.3, -0.25) is 9.00 Å². The van der Waals surface area contributed by atoms with Gasteiger partial charge in [-0.25, -0.2) is 4.79 Å². The van der Waals surface area contributed by atoms with E-state index in [1.807, 2.05) is 6.07 Å². The number of carbonyl (C=O) groups excluding carboxylic acids is 2. The predicted octanol–water partition coefficient (Wildman–Crippen LogP) is 3.37. The predicted molar refractivity (Wildman–Crippen MR) is 96.4 cm³/mol. The van der Waals surface area contributed by atoms with Crippen molar-refractivity contribution in [3.8, 4) is 0 Å². The van der Waals surface area contributed by atoms with Gasteiger partial charge in [-0.15, -0.1) is 0 Å². The van der Waals surface area contributed by atoms with Crippen molar-refractivity contribution < 1.29 is 18.5 Å². The highest BCUT2D eigenvalue weighted by atomic mass is 79.9. The highest BCUT2D eigenvalue weighted by molar-refractivity contribution is 9.10. The zero-order chi connectivity index (χ0) is 17.7. The molecule has 0 saturated heterocycles. The second-order valence-corrected chi connectivity index (χ2v) is 7.26. The molecule has 7 heteroatoms. The topological polar surface area (TPSA) is 72.5 Å². The molecule has 0 bridgehead atoms. The van der Waals surface area contributed by atoms with Crippen molar-refractivity contribution in [2.24, 2.45) is 0 Å². The van der Waals surface area contributed by atoms with Gasteiger partial charge in [0, 0.05) is 16.4 Å². The zero-order valence-corrected chi connectivity index (χ0v) is 15.5. The molecule has 1 amide bonds. The Labute approximate surface area is 151 Å². The highest BCUT2D eigenvalue weighted by Crippen LogP contribution is 2.17.